The normalized spacial score (nSPS) is 50.5. The van der Waals surface area contributed by atoms with Crippen molar-refractivity contribution in [1.82, 2.24) is 0 Å². The monoisotopic (exact) mass is 868 g/mol. The van der Waals surface area contributed by atoms with Crippen LogP contribution in [-0.4, -0.2) is 135 Å². The van der Waals surface area contributed by atoms with Crippen LogP contribution in [0.15, 0.2) is 11.6 Å². The second-order valence-electron chi connectivity index (χ2n) is 20.2. The number of rotatable bonds is 10. The molecule has 59 heavy (non-hydrogen) atoms. The molecular formula is C41H65NaO16S. The van der Waals surface area contributed by atoms with Crippen molar-refractivity contribution >= 4 is 16.4 Å². The minimum absolute atomic E-state index is 0. The first-order valence-electron chi connectivity index (χ1n) is 21.1. The first kappa shape index (κ1) is 48.1. The van der Waals surface area contributed by atoms with Crippen LogP contribution in [0.25, 0.3) is 0 Å². The van der Waals surface area contributed by atoms with E-state index in [0.717, 1.165) is 24.8 Å². The number of aliphatic hydroxyl groups excluding tert-OH is 5. The van der Waals surface area contributed by atoms with Gasteiger partial charge in [0.15, 0.2) is 12.6 Å². The maximum atomic E-state index is 14.3. The number of fused-ring (bicyclic) bond motifs is 4. The van der Waals surface area contributed by atoms with Crippen molar-refractivity contribution in [2.24, 2.45) is 39.4 Å². The number of ether oxygens (including phenoxy) is 5. The topological polar surface area (TPSA) is 251 Å². The Kier molecular flexibility index (Phi) is 13.3. The molecule has 1 spiro atoms. The molecule has 0 aromatic carbocycles. The molecule has 0 bridgehead atoms. The summed E-state index contributed by atoms with van der Waals surface area (Å²) in [4.78, 5) is 14.3. The number of allylic oxidation sites excluding steroid dienone is 1. The van der Waals surface area contributed by atoms with E-state index in [1.54, 1.807) is 0 Å². The summed E-state index contributed by atoms with van der Waals surface area (Å²) < 4.78 is 69.5. The Hall–Kier alpha value is -0.320. The molecule has 0 unspecified atom stereocenters. The summed E-state index contributed by atoms with van der Waals surface area (Å²) in [7, 11) is -5.28. The Morgan fingerprint density at radius 3 is 2.24 bits per heavy atom. The van der Waals surface area contributed by atoms with Crippen molar-refractivity contribution in [3.8, 4) is 0 Å². The Bertz CT molecular complexity index is 1730. The van der Waals surface area contributed by atoms with E-state index in [-0.39, 0.29) is 41.4 Å². The maximum absolute atomic E-state index is 14.3. The molecule has 0 radical (unpaired) electrons. The number of carbonyl (C=O) groups excluding carboxylic acids is 1. The second kappa shape index (κ2) is 16.3. The van der Waals surface area contributed by atoms with Crippen molar-refractivity contribution in [2.75, 3.05) is 6.61 Å². The van der Waals surface area contributed by atoms with Crippen LogP contribution in [0.4, 0.5) is 0 Å². The zero-order valence-corrected chi connectivity index (χ0v) is 38.7. The van der Waals surface area contributed by atoms with Crippen LogP contribution in [0.5, 0.6) is 0 Å². The molecule has 3 saturated carbocycles. The van der Waals surface area contributed by atoms with Gasteiger partial charge < -0.3 is 58.9 Å². The molecule has 7 aliphatic rings. The predicted octanol–water partition coefficient (Wildman–Crippen LogP) is -1.04. The van der Waals surface area contributed by atoms with E-state index in [9.17, 15) is 48.4 Å². The zero-order chi connectivity index (χ0) is 42.8. The number of esters is 1. The van der Waals surface area contributed by atoms with Gasteiger partial charge in [-0.1, -0.05) is 59.6 Å². The van der Waals surface area contributed by atoms with Gasteiger partial charge in [-0.15, -0.1) is 0 Å². The van der Waals surface area contributed by atoms with Crippen LogP contribution in [0.1, 0.15) is 113 Å². The Morgan fingerprint density at radius 1 is 0.915 bits per heavy atom. The van der Waals surface area contributed by atoms with E-state index in [4.69, 9.17) is 23.7 Å². The van der Waals surface area contributed by atoms with E-state index < -0.39 is 123 Å². The van der Waals surface area contributed by atoms with Gasteiger partial charge in [-0.2, -0.15) is 0 Å². The molecule has 6 N–H and O–H groups in total. The van der Waals surface area contributed by atoms with Gasteiger partial charge in [0.1, 0.15) is 53.2 Å². The molecule has 0 aromatic rings. The maximum Gasteiger partial charge on any atom is 1.00 e. The van der Waals surface area contributed by atoms with Crippen LogP contribution in [-0.2, 0) is 43.1 Å². The first-order chi connectivity index (χ1) is 26.8. The zero-order valence-electron chi connectivity index (χ0n) is 35.9. The van der Waals surface area contributed by atoms with E-state index >= 15 is 0 Å². The van der Waals surface area contributed by atoms with Gasteiger partial charge in [0.25, 0.3) is 0 Å². The molecule has 16 nitrogen and oxygen atoms in total. The van der Waals surface area contributed by atoms with E-state index in [0.29, 0.717) is 44.4 Å². The Morgan fingerprint density at radius 2 is 1.59 bits per heavy atom. The second-order valence-corrected chi connectivity index (χ2v) is 21.2. The molecule has 3 heterocycles. The van der Waals surface area contributed by atoms with Gasteiger partial charge in [0.05, 0.1) is 24.9 Å². The van der Waals surface area contributed by atoms with Gasteiger partial charge in [0, 0.05) is 0 Å². The van der Waals surface area contributed by atoms with Gasteiger partial charge in [0.2, 0.25) is 10.4 Å². The third kappa shape index (κ3) is 7.28. The summed E-state index contributed by atoms with van der Waals surface area (Å²) in [6, 6.07) is 0. The standard InChI is InChI=1S/C41H66O16S.Na/c1-20(2)10-9-14-39(8)40(48)17-16-38(7)22-11-12-25-36(4,5)27(13-15-37(25,6)23(22)18-26(42)41(38,40)35(47)56-39)54-34-32(29(44)24(19-52-34)57-58(49,50)51)55-33-31(46)30(45)28(43)21(3)53-33;/h18,20-22,24-34,42-46,48H,9-17,19H2,1-8H3,(H,49,50,51);/q;+1/p-1/t21-,22-,24-,25+,26+,27+,28+,29+,30-,31-,32-,33+,34+,37-,38+,39+,40+,41-;/m1./s1. The number of hydrogen-bond donors (Lipinski definition) is 6. The van der Waals surface area contributed by atoms with Crippen molar-refractivity contribution in [2.45, 2.75) is 192 Å². The summed E-state index contributed by atoms with van der Waals surface area (Å²) in [5.41, 5.74) is -4.92. The van der Waals surface area contributed by atoms with Gasteiger partial charge in [-0.3, -0.25) is 8.98 Å². The van der Waals surface area contributed by atoms with Crippen LogP contribution >= 0.6 is 0 Å². The Labute approximate surface area is 369 Å². The van der Waals surface area contributed by atoms with Crippen LogP contribution in [0, 0.1) is 39.4 Å². The minimum Gasteiger partial charge on any atom is -0.726 e. The average molecular weight is 869 g/mol. The fourth-order valence-electron chi connectivity index (χ4n) is 13.2. The van der Waals surface area contributed by atoms with Crippen molar-refractivity contribution in [1.29, 1.82) is 0 Å². The quantitative estimate of drug-likeness (QED) is 0.0383. The number of carbonyl (C=O) groups is 1. The average Bonchev–Trinajstić information content (AvgIpc) is 3.48. The summed E-state index contributed by atoms with van der Waals surface area (Å²) >= 11 is 0. The fourth-order valence-corrected chi connectivity index (χ4v) is 13.6. The summed E-state index contributed by atoms with van der Waals surface area (Å²) in [6.07, 6.45) is -8.27. The van der Waals surface area contributed by atoms with Gasteiger partial charge in [-0.05, 0) is 99.2 Å². The molecule has 18 atom stereocenters. The molecule has 332 valence electrons. The summed E-state index contributed by atoms with van der Waals surface area (Å²) in [6.45, 7) is 15.4. The number of cyclic esters (lactones) is 1. The van der Waals surface area contributed by atoms with Crippen LogP contribution < -0.4 is 29.6 Å². The van der Waals surface area contributed by atoms with Crippen LogP contribution in [0.2, 0.25) is 0 Å². The molecular weight excluding hydrogens is 803 g/mol. The molecule has 7 rings (SSSR count). The van der Waals surface area contributed by atoms with E-state index in [1.807, 2.05) is 13.0 Å². The molecule has 6 fully saturated rings. The minimum atomic E-state index is -5.28. The Balaban J connectivity index is 0.00000585. The molecule has 0 aromatic heterocycles. The van der Waals surface area contributed by atoms with Crippen LogP contribution in [0.3, 0.4) is 0 Å². The number of hydrogen-bond acceptors (Lipinski definition) is 16. The fraction of sp³-hybridized carbons (Fsp3) is 0.927. The summed E-state index contributed by atoms with van der Waals surface area (Å²) in [5.74, 6) is -0.183. The largest absolute Gasteiger partial charge is 1.00 e. The van der Waals surface area contributed by atoms with E-state index in [2.05, 4.69) is 45.7 Å². The molecule has 4 aliphatic carbocycles. The van der Waals surface area contributed by atoms with E-state index in [1.165, 1.54) is 6.92 Å². The van der Waals surface area contributed by atoms with Gasteiger partial charge >= 0.3 is 35.5 Å². The SMILES string of the molecule is CC(C)CCC[C@]1(C)OC(=O)[C@]23[C@@H](O)C=C4[C@@H](CC[C@H]5C(C)(C)[C@@H](O[C@@H]6OC[C@@H](OS(=O)(=O)[O-])[C@H](O)[C@H]6O[C@@H]6O[C@H](C)[C@H](O)[C@@H](O)[C@H]6O)CC[C@]45C)[C@]2(C)CC[C@@]31O.[Na+]. The molecule has 0 amide bonds. The van der Waals surface area contributed by atoms with Crippen molar-refractivity contribution in [3.63, 3.8) is 0 Å². The summed E-state index contributed by atoms with van der Waals surface area (Å²) in [5, 5.41) is 67.8. The predicted molar refractivity (Wildman–Crippen MR) is 202 cm³/mol. The smallest absolute Gasteiger partial charge is 0.726 e. The molecule has 3 aliphatic heterocycles. The first-order valence-corrected chi connectivity index (χ1v) is 22.4. The van der Waals surface area contributed by atoms with Gasteiger partial charge in [-0.25, -0.2) is 8.42 Å². The van der Waals surface area contributed by atoms with Crippen molar-refractivity contribution in [3.05, 3.63) is 11.6 Å². The molecule has 18 heteroatoms. The van der Waals surface area contributed by atoms with Crippen molar-refractivity contribution < 1.29 is 106 Å². The molecule has 3 saturated heterocycles. The number of aliphatic hydroxyl groups is 6. The third-order valence-electron chi connectivity index (χ3n) is 16.3. The third-order valence-corrected chi connectivity index (χ3v) is 16.8.